The van der Waals surface area contributed by atoms with Crippen molar-refractivity contribution in [1.82, 2.24) is 5.32 Å². The van der Waals surface area contributed by atoms with Crippen LogP contribution in [0.25, 0.3) is 11.0 Å². The van der Waals surface area contributed by atoms with E-state index in [1.165, 1.54) is 0 Å². The largest absolute Gasteiger partial charge is 0.497 e. The minimum atomic E-state index is -0.0365. The summed E-state index contributed by atoms with van der Waals surface area (Å²) < 4.78 is 10.8. The van der Waals surface area contributed by atoms with Gasteiger partial charge in [-0.15, -0.1) is 0 Å². The van der Waals surface area contributed by atoms with E-state index in [4.69, 9.17) is 9.15 Å². The number of carbonyl (C=O) groups is 1. The highest BCUT2D eigenvalue weighted by Crippen LogP contribution is 2.18. The Morgan fingerprint density at radius 2 is 1.91 bits per heavy atom. The number of ether oxygens (including phenoxy) is 1. The van der Waals surface area contributed by atoms with Gasteiger partial charge in [0.1, 0.15) is 17.1 Å². The van der Waals surface area contributed by atoms with Crippen molar-refractivity contribution >= 4 is 16.9 Å². The molecule has 0 unspecified atom stereocenters. The summed E-state index contributed by atoms with van der Waals surface area (Å²) in [6, 6.07) is 17.2. The Balaban J connectivity index is 1.57. The number of benzene rings is 2. The van der Waals surface area contributed by atoms with E-state index in [9.17, 15) is 4.79 Å². The quantitative estimate of drug-likeness (QED) is 0.785. The molecule has 0 saturated heterocycles. The average Bonchev–Trinajstić information content (AvgIpc) is 2.96. The molecule has 2 aromatic carbocycles. The molecule has 0 atom stereocenters. The highest BCUT2D eigenvalue weighted by molar-refractivity contribution is 5.79. The number of hydrogen-bond donors (Lipinski definition) is 1. The zero-order valence-corrected chi connectivity index (χ0v) is 12.3. The molecule has 22 heavy (non-hydrogen) atoms. The predicted octanol–water partition coefficient (Wildman–Crippen LogP) is 3.30. The molecule has 1 N–H and O–H groups in total. The highest BCUT2D eigenvalue weighted by atomic mass is 16.5. The smallest absolute Gasteiger partial charge is 0.224 e. The molecule has 0 saturated carbocycles. The molecule has 4 heteroatoms. The number of amides is 1. The lowest BCUT2D eigenvalue weighted by Gasteiger charge is -2.04. The Morgan fingerprint density at radius 3 is 2.64 bits per heavy atom. The van der Waals surface area contributed by atoms with Gasteiger partial charge in [0, 0.05) is 5.39 Å². The first kappa shape index (κ1) is 14.2. The molecular weight excluding hydrogens is 278 g/mol. The van der Waals surface area contributed by atoms with Crippen molar-refractivity contribution in [1.29, 1.82) is 0 Å². The summed E-state index contributed by atoms with van der Waals surface area (Å²) >= 11 is 0. The SMILES string of the molecule is COc1ccc(CC(=O)NCc2cc3ccccc3o2)cc1. The average molecular weight is 295 g/mol. The molecule has 0 radical (unpaired) electrons. The van der Waals surface area contributed by atoms with Crippen LogP contribution < -0.4 is 10.1 Å². The molecule has 1 aromatic heterocycles. The molecule has 0 spiro atoms. The Hall–Kier alpha value is -2.75. The fourth-order valence-corrected chi connectivity index (χ4v) is 2.30. The van der Waals surface area contributed by atoms with Crippen LogP contribution >= 0.6 is 0 Å². The lowest BCUT2D eigenvalue weighted by Crippen LogP contribution is -2.24. The van der Waals surface area contributed by atoms with Crippen molar-refractivity contribution in [2.75, 3.05) is 7.11 Å². The van der Waals surface area contributed by atoms with Gasteiger partial charge < -0.3 is 14.5 Å². The summed E-state index contributed by atoms with van der Waals surface area (Å²) in [6.07, 6.45) is 0.338. The van der Waals surface area contributed by atoms with E-state index in [0.717, 1.165) is 28.0 Å². The standard InChI is InChI=1S/C18H17NO3/c1-21-15-8-6-13(7-9-15)10-18(20)19-12-16-11-14-4-2-3-5-17(14)22-16/h2-9,11H,10,12H2,1H3,(H,19,20). The number of fused-ring (bicyclic) bond motifs is 1. The molecule has 1 heterocycles. The molecule has 0 aliphatic heterocycles. The summed E-state index contributed by atoms with van der Waals surface area (Å²) in [4.78, 5) is 12.0. The van der Waals surface area contributed by atoms with E-state index in [2.05, 4.69) is 5.32 Å². The van der Waals surface area contributed by atoms with Gasteiger partial charge in [-0.25, -0.2) is 0 Å². The number of hydrogen-bond acceptors (Lipinski definition) is 3. The van der Waals surface area contributed by atoms with Crippen LogP contribution in [0.4, 0.5) is 0 Å². The first-order valence-electron chi connectivity index (χ1n) is 7.12. The number of carbonyl (C=O) groups excluding carboxylic acids is 1. The molecule has 0 aliphatic carbocycles. The molecule has 0 fully saturated rings. The van der Waals surface area contributed by atoms with E-state index < -0.39 is 0 Å². The molecule has 1 amide bonds. The van der Waals surface area contributed by atoms with Crippen molar-refractivity contribution < 1.29 is 13.9 Å². The molecule has 0 bridgehead atoms. The van der Waals surface area contributed by atoms with Crippen LogP contribution in [0, 0.1) is 0 Å². The van der Waals surface area contributed by atoms with Crippen LogP contribution in [0.2, 0.25) is 0 Å². The zero-order valence-electron chi connectivity index (χ0n) is 12.3. The Labute approximate surface area is 128 Å². The molecular formula is C18H17NO3. The Morgan fingerprint density at radius 1 is 1.14 bits per heavy atom. The first-order valence-corrected chi connectivity index (χ1v) is 7.12. The third-order valence-corrected chi connectivity index (χ3v) is 3.46. The van der Waals surface area contributed by atoms with Crippen LogP contribution in [-0.4, -0.2) is 13.0 Å². The Kier molecular flexibility index (Phi) is 4.10. The maximum absolute atomic E-state index is 12.0. The lowest BCUT2D eigenvalue weighted by atomic mass is 10.1. The summed E-state index contributed by atoms with van der Waals surface area (Å²) in [6.45, 7) is 0.393. The summed E-state index contributed by atoms with van der Waals surface area (Å²) in [5.41, 5.74) is 1.78. The maximum Gasteiger partial charge on any atom is 0.224 e. The van der Waals surface area contributed by atoms with E-state index >= 15 is 0 Å². The van der Waals surface area contributed by atoms with Crippen molar-refractivity contribution in [3.63, 3.8) is 0 Å². The second kappa shape index (κ2) is 6.35. The van der Waals surface area contributed by atoms with Gasteiger partial charge in [-0.1, -0.05) is 30.3 Å². The molecule has 4 nitrogen and oxygen atoms in total. The predicted molar refractivity (Wildman–Crippen MR) is 84.8 cm³/mol. The van der Waals surface area contributed by atoms with E-state index in [0.29, 0.717) is 13.0 Å². The molecule has 3 aromatic rings. The van der Waals surface area contributed by atoms with Crippen molar-refractivity contribution in [3.05, 3.63) is 65.9 Å². The second-order valence-electron chi connectivity index (χ2n) is 5.05. The van der Waals surface area contributed by atoms with Crippen molar-refractivity contribution in [2.24, 2.45) is 0 Å². The molecule has 3 rings (SSSR count). The topological polar surface area (TPSA) is 51.5 Å². The Bertz CT molecular complexity index is 741. The molecule has 112 valence electrons. The van der Waals surface area contributed by atoms with Crippen LogP contribution in [0.15, 0.2) is 59.0 Å². The van der Waals surface area contributed by atoms with Crippen LogP contribution in [0.1, 0.15) is 11.3 Å². The minimum absolute atomic E-state index is 0.0365. The monoisotopic (exact) mass is 295 g/mol. The third kappa shape index (κ3) is 3.28. The normalized spacial score (nSPS) is 10.6. The summed E-state index contributed by atoms with van der Waals surface area (Å²) in [5.74, 6) is 1.50. The van der Waals surface area contributed by atoms with Gasteiger partial charge in [0.05, 0.1) is 20.1 Å². The van der Waals surface area contributed by atoms with Gasteiger partial charge in [0.2, 0.25) is 5.91 Å². The van der Waals surface area contributed by atoms with Gasteiger partial charge in [-0.2, -0.15) is 0 Å². The van der Waals surface area contributed by atoms with E-state index in [-0.39, 0.29) is 5.91 Å². The minimum Gasteiger partial charge on any atom is -0.497 e. The number of methoxy groups -OCH3 is 1. The van der Waals surface area contributed by atoms with Gasteiger partial charge in [-0.3, -0.25) is 4.79 Å². The second-order valence-corrected chi connectivity index (χ2v) is 5.05. The van der Waals surface area contributed by atoms with Gasteiger partial charge >= 0.3 is 0 Å². The van der Waals surface area contributed by atoms with Crippen LogP contribution in [0.3, 0.4) is 0 Å². The van der Waals surface area contributed by atoms with E-state index in [1.807, 2.05) is 54.6 Å². The number of rotatable bonds is 5. The summed E-state index contributed by atoms with van der Waals surface area (Å²) in [5, 5.41) is 3.92. The van der Waals surface area contributed by atoms with Crippen LogP contribution in [0.5, 0.6) is 5.75 Å². The van der Waals surface area contributed by atoms with Gasteiger partial charge in [-0.05, 0) is 29.8 Å². The van der Waals surface area contributed by atoms with Gasteiger partial charge in [0.25, 0.3) is 0 Å². The van der Waals surface area contributed by atoms with Crippen LogP contribution in [-0.2, 0) is 17.8 Å². The van der Waals surface area contributed by atoms with Gasteiger partial charge in [0.15, 0.2) is 0 Å². The molecule has 0 aliphatic rings. The summed E-state index contributed by atoms with van der Waals surface area (Å²) in [7, 11) is 1.62. The van der Waals surface area contributed by atoms with Crippen molar-refractivity contribution in [2.45, 2.75) is 13.0 Å². The number of para-hydroxylation sites is 1. The first-order chi connectivity index (χ1) is 10.7. The fraction of sp³-hybridized carbons (Fsp3) is 0.167. The third-order valence-electron chi connectivity index (χ3n) is 3.46. The fourth-order valence-electron chi connectivity index (χ4n) is 2.30. The number of nitrogens with one attached hydrogen (secondary N) is 1. The van der Waals surface area contributed by atoms with E-state index in [1.54, 1.807) is 7.11 Å². The highest BCUT2D eigenvalue weighted by Gasteiger charge is 2.07. The number of furan rings is 1. The van der Waals surface area contributed by atoms with Crippen molar-refractivity contribution in [3.8, 4) is 5.75 Å². The zero-order chi connectivity index (χ0) is 15.4. The lowest BCUT2D eigenvalue weighted by molar-refractivity contribution is -0.120. The maximum atomic E-state index is 12.0.